The standard InChI is InChI=1S/C18H18ClNO/c1-12-7-8-15(11-14(12)3)17(21)9-10-20-18-13(2)5-4-6-16(18)19/h4-11,20H,1-3H3. The molecule has 0 radical (unpaired) electrons. The van der Waals surface area contributed by atoms with Crippen LogP contribution in [0.15, 0.2) is 48.7 Å². The smallest absolute Gasteiger partial charge is 0.187 e. The quantitative estimate of drug-likeness (QED) is 0.630. The number of hydrogen-bond donors (Lipinski definition) is 1. The van der Waals surface area contributed by atoms with Gasteiger partial charge < -0.3 is 5.32 Å². The molecular weight excluding hydrogens is 282 g/mol. The van der Waals surface area contributed by atoms with Gasteiger partial charge in [-0.3, -0.25) is 4.79 Å². The molecule has 0 spiro atoms. The first-order valence-corrected chi connectivity index (χ1v) is 7.16. The first-order chi connectivity index (χ1) is 9.99. The van der Waals surface area contributed by atoms with E-state index in [1.807, 2.05) is 57.2 Å². The highest BCUT2D eigenvalue weighted by Crippen LogP contribution is 2.25. The molecule has 0 atom stereocenters. The van der Waals surface area contributed by atoms with Crippen molar-refractivity contribution in [1.82, 2.24) is 0 Å². The van der Waals surface area contributed by atoms with Crippen molar-refractivity contribution in [2.75, 3.05) is 5.32 Å². The molecule has 0 bridgehead atoms. The Kier molecular flexibility index (Phi) is 4.81. The number of hydrogen-bond acceptors (Lipinski definition) is 2. The minimum atomic E-state index is -0.0321. The van der Waals surface area contributed by atoms with Gasteiger partial charge in [0.15, 0.2) is 5.78 Å². The molecule has 0 aliphatic rings. The Balaban J connectivity index is 2.11. The highest BCUT2D eigenvalue weighted by atomic mass is 35.5. The predicted molar refractivity (Wildman–Crippen MR) is 89.2 cm³/mol. The molecule has 0 saturated carbocycles. The van der Waals surface area contributed by atoms with E-state index >= 15 is 0 Å². The summed E-state index contributed by atoms with van der Waals surface area (Å²) in [6, 6.07) is 11.4. The lowest BCUT2D eigenvalue weighted by Gasteiger charge is -2.07. The lowest BCUT2D eigenvalue weighted by atomic mass is 10.0. The summed E-state index contributed by atoms with van der Waals surface area (Å²) < 4.78 is 0. The zero-order valence-electron chi connectivity index (χ0n) is 12.4. The summed E-state index contributed by atoms with van der Waals surface area (Å²) in [6.45, 7) is 6.00. The normalized spacial score (nSPS) is 10.9. The molecule has 2 aromatic rings. The van der Waals surface area contributed by atoms with Crippen LogP contribution < -0.4 is 5.32 Å². The largest absolute Gasteiger partial charge is 0.360 e. The Morgan fingerprint density at radius 1 is 1.05 bits per heavy atom. The van der Waals surface area contributed by atoms with Gasteiger partial charge in [0, 0.05) is 17.8 Å². The number of rotatable bonds is 4. The van der Waals surface area contributed by atoms with Crippen LogP contribution in [0.4, 0.5) is 5.69 Å². The first-order valence-electron chi connectivity index (χ1n) is 6.79. The molecular formula is C18H18ClNO. The second-order valence-electron chi connectivity index (χ2n) is 5.07. The third kappa shape index (κ3) is 3.73. The molecule has 2 aromatic carbocycles. The molecule has 0 aliphatic heterocycles. The number of carbonyl (C=O) groups excluding carboxylic acids is 1. The van der Waals surface area contributed by atoms with E-state index in [-0.39, 0.29) is 5.78 Å². The summed E-state index contributed by atoms with van der Waals surface area (Å²) in [5.74, 6) is -0.0321. The summed E-state index contributed by atoms with van der Waals surface area (Å²) in [6.07, 6.45) is 3.15. The Morgan fingerprint density at radius 2 is 1.81 bits per heavy atom. The number of benzene rings is 2. The van der Waals surface area contributed by atoms with Crippen molar-refractivity contribution in [2.45, 2.75) is 20.8 Å². The van der Waals surface area contributed by atoms with Gasteiger partial charge in [-0.15, -0.1) is 0 Å². The number of anilines is 1. The van der Waals surface area contributed by atoms with Gasteiger partial charge in [0.05, 0.1) is 10.7 Å². The van der Waals surface area contributed by atoms with Crippen molar-refractivity contribution in [1.29, 1.82) is 0 Å². The van der Waals surface area contributed by atoms with Crippen molar-refractivity contribution in [3.8, 4) is 0 Å². The molecule has 0 unspecified atom stereocenters. The number of allylic oxidation sites excluding steroid dienone is 1. The lowest BCUT2D eigenvalue weighted by Crippen LogP contribution is -1.98. The molecule has 108 valence electrons. The molecule has 0 heterocycles. The second-order valence-corrected chi connectivity index (χ2v) is 5.48. The third-order valence-corrected chi connectivity index (χ3v) is 3.79. The summed E-state index contributed by atoms with van der Waals surface area (Å²) in [5.41, 5.74) is 4.84. The Hall–Kier alpha value is -2.06. The van der Waals surface area contributed by atoms with E-state index in [2.05, 4.69) is 5.32 Å². The average Bonchev–Trinajstić information content (AvgIpc) is 2.45. The number of halogens is 1. The van der Waals surface area contributed by atoms with E-state index in [0.717, 1.165) is 16.8 Å². The molecule has 0 aliphatic carbocycles. The molecule has 21 heavy (non-hydrogen) atoms. The second kappa shape index (κ2) is 6.59. The fourth-order valence-electron chi connectivity index (χ4n) is 2.01. The topological polar surface area (TPSA) is 29.1 Å². The van der Waals surface area contributed by atoms with Crippen molar-refractivity contribution in [2.24, 2.45) is 0 Å². The van der Waals surface area contributed by atoms with Gasteiger partial charge in [0.1, 0.15) is 0 Å². The van der Waals surface area contributed by atoms with Crippen LogP contribution in [0.2, 0.25) is 5.02 Å². The third-order valence-electron chi connectivity index (χ3n) is 3.48. The van der Waals surface area contributed by atoms with Gasteiger partial charge in [-0.05, 0) is 49.6 Å². The van der Waals surface area contributed by atoms with Crippen molar-refractivity contribution < 1.29 is 4.79 Å². The fourth-order valence-corrected chi connectivity index (χ4v) is 2.28. The number of nitrogens with one attached hydrogen (secondary N) is 1. The van der Waals surface area contributed by atoms with E-state index in [9.17, 15) is 4.79 Å². The average molecular weight is 300 g/mol. The van der Waals surface area contributed by atoms with E-state index < -0.39 is 0 Å². The molecule has 0 saturated heterocycles. The minimum absolute atomic E-state index is 0.0321. The van der Waals surface area contributed by atoms with Crippen LogP contribution >= 0.6 is 11.6 Å². The maximum atomic E-state index is 12.1. The number of carbonyl (C=O) groups is 1. The van der Waals surface area contributed by atoms with Gasteiger partial charge in [-0.2, -0.15) is 0 Å². The summed E-state index contributed by atoms with van der Waals surface area (Å²) in [4.78, 5) is 12.1. The molecule has 0 fully saturated rings. The van der Waals surface area contributed by atoms with Gasteiger partial charge >= 0.3 is 0 Å². The van der Waals surface area contributed by atoms with Gasteiger partial charge in [0.25, 0.3) is 0 Å². The van der Waals surface area contributed by atoms with Crippen molar-refractivity contribution >= 4 is 23.1 Å². The van der Waals surface area contributed by atoms with Crippen LogP contribution in [0.25, 0.3) is 0 Å². The van der Waals surface area contributed by atoms with Gasteiger partial charge in [-0.1, -0.05) is 35.9 Å². The van der Waals surface area contributed by atoms with Crippen LogP contribution in [0, 0.1) is 20.8 Å². The van der Waals surface area contributed by atoms with Crippen LogP contribution in [0.3, 0.4) is 0 Å². The molecule has 0 aromatic heterocycles. The Morgan fingerprint density at radius 3 is 2.48 bits per heavy atom. The zero-order chi connectivity index (χ0) is 15.4. The number of aryl methyl sites for hydroxylation is 3. The Bertz CT molecular complexity index is 684. The first kappa shape index (κ1) is 15.3. The van der Waals surface area contributed by atoms with E-state index in [1.54, 1.807) is 6.20 Å². The fraction of sp³-hybridized carbons (Fsp3) is 0.167. The molecule has 2 rings (SSSR count). The highest BCUT2D eigenvalue weighted by Gasteiger charge is 2.04. The molecule has 1 N–H and O–H groups in total. The molecule has 2 nitrogen and oxygen atoms in total. The maximum absolute atomic E-state index is 12.1. The van der Waals surface area contributed by atoms with Crippen molar-refractivity contribution in [3.05, 3.63) is 76.0 Å². The summed E-state index contributed by atoms with van der Waals surface area (Å²) >= 11 is 6.12. The van der Waals surface area contributed by atoms with Crippen LogP contribution in [-0.2, 0) is 0 Å². The van der Waals surface area contributed by atoms with Gasteiger partial charge in [-0.25, -0.2) is 0 Å². The number of ketones is 1. The van der Waals surface area contributed by atoms with Crippen LogP contribution in [0.1, 0.15) is 27.0 Å². The predicted octanol–water partition coefficient (Wildman–Crippen LogP) is 5.07. The summed E-state index contributed by atoms with van der Waals surface area (Å²) in [7, 11) is 0. The number of para-hydroxylation sites is 1. The minimum Gasteiger partial charge on any atom is -0.360 e. The van der Waals surface area contributed by atoms with E-state index in [0.29, 0.717) is 10.6 Å². The molecule has 3 heteroatoms. The highest BCUT2D eigenvalue weighted by molar-refractivity contribution is 6.33. The van der Waals surface area contributed by atoms with Crippen molar-refractivity contribution in [3.63, 3.8) is 0 Å². The monoisotopic (exact) mass is 299 g/mol. The van der Waals surface area contributed by atoms with E-state index in [4.69, 9.17) is 11.6 Å². The SMILES string of the molecule is Cc1ccc(C(=O)C=CNc2c(C)cccc2Cl)cc1C. The van der Waals surface area contributed by atoms with E-state index in [1.165, 1.54) is 11.6 Å². The maximum Gasteiger partial charge on any atom is 0.187 e. The van der Waals surface area contributed by atoms with Crippen LogP contribution in [-0.4, -0.2) is 5.78 Å². The zero-order valence-corrected chi connectivity index (χ0v) is 13.2. The summed E-state index contributed by atoms with van der Waals surface area (Å²) in [5, 5.41) is 3.71. The molecule has 0 amide bonds. The Labute approximate surface area is 130 Å². The lowest BCUT2D eigenvalue weighted by molar-refractivity contribution is 0.104. The van der Waals surface area contributed by atoms with Gasteiger partial charge in [0.2, 0.25) is 0 Å². The van der Waals surface area contributed by atoms with Crippen LogP contribution in [0.5, 0.6) is 0 Å².